The van der Waals surface area contributed by atoms with Gasteiger partial charge < -0.3 is 15.2 Å². The van der Waals surface area contributed by atoms with Crippen LogP contribution in [0.3, 0.4) is 0 Å². The summed E-state index contributed by atoms with van der Waals surface area (Å²) in [5.74, 6) is -3.36. The van der Waals surface area contributed by atoms with Crippen molar-refractivity contribution in [1.82, 2.24) is 0 Å². The number of carbonyl (C=O) groups is 1. The van der Waals surface area contributed by atoms with Crippen LogP contribution in [0.4, 0.5) is 14.5 Å². The summed E-state index contributed by atoms with van der Waals surface area (Å²) in [6.45, 7) is 1.60. The van der Waals surface area contributed by atoms with E-state index in [-0.39, 0.29) is 18.3 Å². The molecule has 0 aromatic heterocycles. The van der Waals surface area contributed by atoms with E-state index in [1.54, 1.807) is 6.92 Å². The number of benzene rings is 1. The second-order valence-corrected chi connectivity index (χ2v) is 3.71. The van der Waals surface area contributed by atoms with E-state index in [0.29, 0.717) is 6.42 Å². The van der Waals surface area contributed by atoms with Gasteiger partial charge in [-0.2, -0.15) is 0 Å². The summed E-state index contributed by atoms with van der Waals surface area (Å²) in [5, 5.41) is 11.6. The molecule has 2 N–H and O–H groups in total. The largest absolute Gasteiger partial charge is 0.465 e. The van der Waals surface area contributed by atoms with Crippen LogP contribution in [0.25, 0.3) is 0 Å². The minimum absolute atomic E-state index is 0.0962. The molecule has 18 heavy (non-hydrogen) atoms. The predicted octanol–water partition coefficient (Wildman–Crippen LogP) is 1.93. The molecule has 0 heterocycles. The number of rotatable bonds is 5. The third-order valence-electron chi connectivity index (χ3n) is 2.56. The summed E-state index contributed by atoms with van der Waals surface area (Å²) in [6.07, 6.45) is 0.552. The number of hydrogen-bond donors (Lipinski definition) is 2. The first-order valence-corrected chi connectivity index (χ1v) is 5.48. The lowest BCUT2D eigenvalue weighted by atomic mass is 10.1. The topological polar surface area (TPSA) is 58.6 Å². The summed E-state index contributed by atoms with van der Waals surface area (Å²) in [5.41, 5.74) is -0.557. The Kier molecular flexibility index (Phi) is 5.03. The molecule has 1 rings (SSSR count). The van der Waals surface area contributed by atoms with Crippen molar-refractivity contribution in [3.8, 4) is 0 Å². The molecule has 0 amide bonds. The lowest BCUT2D eigenvalue weighted by Gasteiger charge is -2.16. The number of anilines is 1. The number of ether oxygens (including phenoxy) is 1. The molecule has 1 aromatic carbocycles. The van der Waals surface area contributed by atoms with E-state index in [1.807, 2.05) is 0 Å². The summed E-state index contributed by atoms with van der Waals surface area (Å²) in [4.78, 5) is 11.1. The fourth-order valence-electron chi connectivity index (χ4n) is 1.43. The van der Waals surface area contributed by atoms with Gasteiger partial charge in [-0.05, 0) is 18.6 Å². The van der Waals surface area contributed by atoms with Crippen LogP contribution in [-0.2, 0) is 4.74 Å². The van der Waals surface area contributed by atoms with Crippen molar-refractivity contribution >= 4 is 11.7 Å². The van der Waals surface area contributed by atoms with Crippen molar-refractivity contribution in [3.05, 3.63) is 29.3 Å². The first-order chi connectivity index (χ1) is 8.54. The first kappa shape index (κ1) is 14.4. The highest BCUT2D eigenvalue weighted by atomic mass is 19.2. The van der Waals surface area contributed by atoms with Crippen LogP contribution >= 0.6 is 0 Å². The number of esters is 1. The van der Waals surface area contributed by atoms with Gasteiger partial charge >= 0.3 is 5.97 Å². The van der Waals surface area contributed by atoms with Crippen LogP contribution in [0.5, 0.6) is 0 Å². The molecule has 0 aliphatic heterocycles. The number of aliphatic hydroxyl groups is 1. The summed E-state index contributed by atoms with van der Waals surface area (Å²) in [7, 11) is 1.09. The molecule has 0 bridgehead atoms. The monoisotopic (exact) mass is 259 g/mol. The number of halogens is 2. The van der Waals surface area contributed by atoms with E-state index in [0.717, 1.165) is 13.2 Å². The maximum absolute atomic E-state index is 13.7. The molecule has 4 nitrogen and oxygen atoms in total. The standard InChI is InChI=1S/C12H15F2NO3/c1-3-7(6-16)15-9-5-4-8(12(17)18-2)10(13)11(9)14/h4-5,7,15-16H,3,6H2,1-2H3. The zero-order chi connectivity index (χ0) is 13.7. The maximum Gasteiger partial charge on any atom is 0.340 e. The van der Waals surface area contributed by atoms with Crippen molar-refractivity contribution in [2.24, 2.45) is 0 Å². The Bertz CT molecular complexity index is 434. The molecule has 1 atom stereocenters. The van der Waals surface area contributed by atoms with Crippen molar-refractivity contribution in [2.45, 2.75) is 19.4 Å². The highest BCUT2D eigenvalue weighted by molar-refractivity contribution is 5.90. The Balaban J connectivity index is 3.04. The van der Waals surface area contributed by atoms with Gasteiger partial charge in [0.15, 0.2) is 11.6 Å². The number of aliphatic hydroxyl groups excluding tert-OH is 1. The number of hydrogen-bond acceptors (Lipinski definition) is 4. The molecule has 1 aromatic rings. The third kappa shape index (κ3) is 2.95. The molecule has 0 fully saturated rings. The van der Waals surface area contributed by atoms with E-state index in [2.05, 4.69) is 10.1 Å². The summed E-state index contributed by atoms with van der Waals surface area (Å²) >= 11 is 0. The van der Waals surface area contributed by atoms with Crippen LogP contribution in [0.1, 0.15) is 23.7 Å². The average Bonchev–Trinajstić information content (AvgIpc) is 2.39. The van der Waals surface area contributed by atoms with Crippen LogP contribution in [0.15, 0.2) is 12.1 Å². The van der Waals surface area contributed by atoms with Gasteiger partial charge in [0, 0.05) is 6.04 Å². The van der Waals surface area contributed by atoms with Gasteiger partial charge in [0.1, 0.15) is 0 Å². The van der Waals surface area contributed by atoms with Gasteiger partial charge in [0.05, 0.1) is 25.0 Å². The molecule has 0 saturated heterocycles. The van der Waals surface area contributed by atoms with Crippen molar-refractivity contribution in [1.29, 1.82) is 0 Å². The fraction of sp³-hybridized carbons (Fsp3) is 0.417. The number of nitrogens with one attached hydrogen (secondary N) is 1. The highest BCUT2D eigenvalue weighted by Gasteiger charge is 2.20. The lowest BCUT2D eigenvalue weighted by Crippen LogP contribution is -2.23. The van der Waals surface area contributed by atoms with Gasteiger partial charge in [-0.25, -0.2) is 13.6 Å². The molecule has 100 valence electrons. The molecular weight excluding hydrogens is 244 g/mol. The molecule has 0 spiro atoms. The van der Waals surface area contributed by atoms with E-state index >= 15 is 0 Å². The SMILES string of the molecule is CCC(CO)Nc1ccc(C(=O)OC)c(F)c1F. The normalized spacial score (nSPS) is 12.1. The number of methoxy groups -OCH3 is 1. The van der Waals surface area contributed by atoms with E-state index in [1.165, 1.54) is 6.07 Å². The third-order valence-corrected chi connectivity index (χ3v) is 2.56. The zero-order valence-electron chi connectivity index (χ0n) is 10.2. The Morgan fingerprint density at radius 2 is 2.11 bits per heavy atom. The number of carbonyl (C=O) groups excluding carboxylic acids is 1. The van der Waals surface area contributed by atoms with E-state index < -0.39 is 23.2 Å². The van der Waals surface area contributed by atoms with Crippen LogP contribution in [0, 0.1) is 11.6 Å². The van der Waals surface area contributed by atoms with Crippen molar-refractivity contribution in [2.75, 3.05) is 19.0 Å². The molecular formula is C12H15F2NO3. The maximum atomic E-state index is 13.7. The minimum Gasteiger partial charge on any atom is -0.465 e. The van der Waals surface area contributed by atoms with Crippen molar-refractivity contribution in [3.63, 3.8) is 0 Å². The van der Waals surface area contributed by atoms with E-state index in [4.69, 9.17) is 5.11 Å². The molecule has 0 saturated carbocycles. The van der Waals surface area contributed by atoms with Crippen LogP contribution in [0.2, 0.25) is 0 Å². The average molecular weight is 259 g/mol. The van der Waals surface area contributed by atoms with E-state index in [9.17, 15) is 13.6 Å². The Morgan fingerprint density at radius 1 is 1.44 bits per heavy atom. The molecule has 0 radical (unpaired) electrons. The fourth-order valence-corrected chi connectivity index (χ4v) is 1.43. The van der Waals surface area contributed by atoms with Gasteiger partial charge in [-0.1, -0.05) is 6.92 Å². The first-order valence-electron chi connectivity index (χ1n) is 5.48. The highest BCUT2D eigenvalue weighted by Crippen LogP contribution is 2.22. The van der Waals surface area contributed by atoms with Crippen molar-refractivity contribution < 1.29 is 23.4 Å². The summed E-state index contributed by atoms with van der Waals surface area (Å²) in [6, 6.07) is 2.00. The Labute approximate surface area is 104 Å². The van der Waals surface area contributed by atoms with Crippen LogP contribution in [-0.4, -0.2) is 30.8 Å². The Hall–Kier alpha value is -1.69. The molecule has 1 unspecified atom stereocenters. The quantitative estimate of drug-likeness (QED) is 0.793. The Morgan fingerprint density at radius 3 is 2.61 bits per heavy atom. The predicted molar refractivity (Wildman–Crippen MR) is 62.5 cm³/mol. The second-order valence-electron chi connectivity index (χ2n) is 3.71. The lowest BCUT2D eigenvalue weighted by molar-refractivity contribution is 0.0594. The summed E-state index contributed by atoms with van der Waals surface area (Å²) < 4.78 is 31.6. The smallest absolute Gasteiger partial charge is 0.340 e. The molecule has 0 aliphatic rings. The molecule has 0 aliphatic carbocycles. The molecule has 6 heteroatoms. The van der Waals surface area contributed by atoms with Gasteiger partial charge in [0.25, 0.3) is 0 Å². The zero-order valence-corrected chi connectivity index (χ0v) is 10.2. The second kappa shape index (κ2) is 6.30. The van der Waals surface area contributed by atoms with Crippen LogP contribution < -0.4 is 5.32 Å². The van der Waals surface area contributed by atoms with Gasteiger partial charge in [0.2, 0.25) is 0 Å². The van der Waals surface area contributed by atoms with Gasteiger partial charge in [-0.15, -0.1) is 0 Å². The van der Waals surface area contributed by atoms with Gasteiger partial charge in [-0.3, -0.25) is 0 Å². The minimum atomic E-state index is -1.26.